The number of H-pyrrole nitrogens is 1. The van der Waals surface area contributed by atoms with Gasteiger partial charge in [-0.25, -0.2) is 0 Å². The number of nitrogens with one attached hydrogen (secondary N) is 3. The molecule has 1 aromatic rings. The van der Waals surface area contributed by atoms with Crippen molar-refractivity contribution >= 4 is 0 Å². The first-order chi connectivity index (χ1) is 7.16. The van der Waals surface area contributed by atoms with Crippen LogP contribution in [-0.4, -0.2) is 29.7 Å². The molecule has 0 radical (unpaired) electrons. The normalized spacial score (nSPS) is 24.5. The van der Waals surface area contributed by atoms with E-state index in [0.29, 0.717) is 11.6 Å². The van der Waals surface area contributed by atoms with Crippen molar-refractivity contribution in [3.05, 3.63) is 24.0 Å². The highest BCUT2D eigenvalue weighted by Gasteiger charge is 2.29. The third kappa shape index (κ3) is 3.08. The molecule has 15 heavy (non-hydrogen) atoms. The van der Waals surface area contributed by atoms with Gasteiger partial charge in [0.15, 0.2) is 0 Å². The summed E-state index contributed by atoms with van der Waals surface area (Å²) in [6.45, 7) is 6.68. The summed E-state index contributed by atoms with van der Waals surface area (Å²) in [5.74, 6) is 0. The molecule has 2 rings (SSSR count). The fourth-order valence-corrected chi connectivity index (χ4v) is 2.24. The Bertz CT molecular complexity index is 290. The number of aromatic nitrogens is 1. The SMILES string of the molecule is CC1(C)CC(NCCc2ccc[nH]2)CN1. The van der Waals surface area contributed by atoms with Crippen molar-refractivity contribution in [3.63, 3.8) is 0 Å². The summed E-state index contributed by atoms with van der Waals surface area (Å²) in [5.41, 5.74) is 1.62. The van der Waals surface area contributed by atoms with Crippen LogP contribution in [0.4, 0.5) is 0 Å². The van der Waals surface area contributed by atoms with Crippen LogP contribution in [-0.2, 0) is 6.42 Å². The minimum absolute atomic E-state index is 0.310. The zero-order valence-corrected chi connectivity index (χ0v) is 9.64. The summed E-state index contributed by atoms with van der Waals surface area (Å²) in [5, 5.41) is 7.11. The average Bonchev–Trinajstić information content (AvgIpc) is 2.76. The molecule has 0 aromatic carbocycles. The van der Waals surface area contributed by atoms with Gasteiger partial charge in [0, 0.05) is 36.6 Å². The Hall–Kier alpha value is -0.800. The highest BCUT2D eigenvalue weighted by atomic mass is 15.1. The highest BCUT2D eigenvalue weighted by molar-refractivity contribution is 5.04. The van der Waals surface area contributed by atoms with Gasteiger partial charge in [0.2, 0.25) is 0 Å². The second kappa shape index (κ2) is 4.37. The second-order valence-corrected chi connectivity index (χ2v) is 5.07. The fourth-order valence-electron chi connectivity index (χ4n) is 2.24. The molecule has 84 valence electrons. The van der Waals surface area contributed by atoms with Crippen LogP contribution in [0, 0.1) is 0 Å². The lowest BCUT2D eigenvalue weighted by atomic mass is 10.0. The molecule has 0 spiro atoms. The molecule has 0 amide bonds. The molecule has 1 saturated heterocycles. The van der Waals surface area contributed by atoms with E-state index in [1.807, 2.05) is 6.20 Å². The van der Waals surface area contributed by atoms with E-state index in [0.717, 1.165) is 19.5 Å². The summed E-state index contributed by atoms with van der Waals surface area (Å²) < 4.78 is 0. The molecule has 2 heterocycles. The van der Waals surface area contributed by atoms with Crippen molar-refractivity contribution in [1.82, 2.24) is 15.6 Å². The third-order valence-corrected chi connectivity index (χ3v) is 3.07. The van der Waals surface area contributed by atoms with Gasteiger partial charge < -0.3 is 15.6 Å². The smallest absolute Gasteiger partial charge is 0.0210 e. The van der Waals surface area contributed by atoms with E-state index in [2.05, 4.69) is 41.6 Å². The quantitative estimate of drug-likeness (QED) is 0.696. The van der Waals surface area contributed by atoms with Crippen LogP contribution in [0.15, 0.2) is 18.3 Å². The number of hydrogen-bond acceptors (Lipinski definition) is 2. The van der Waals surface area contributed by atoms with Gasteiger partial charge in [-0.15, -0.1) is 0 Å². The highest BCUT2D eigenvalue weighted by Crippen LogP contribution is 2.17. The van der Waals surface area contributed by atoms with Gasteiger partial charge >= 0.3 is 0 Å². The molecule has 0 aliphatic carbocycles. The summed E-state index contributed by atoms with van der Waals surface area (Å²) in [6.07, 6.45) is 4.29. The van der Waals surface area contributed by atoms with Gasteiger partial charge in [0.25, 0.3) is 0 Å². The lowest BCUT2D eigenvalue weighted by molar-refractivity contribution is 0.443. The van der Waals surface area contributed by atoms with Gasteiger partial charge in [-0.3, -0.25) is 0 Å². The van der Waals surface area contributed by atoms with Gasteiger partial charge in [0.1, 0.15) is 0 Å². The first-order valence-electron chi connectivity index (χ1n) is 5.76. The zero-order chi connectivity index (χ0) is 10.7. The van der Waals surface area contributed by atoms with Crippen molar-refractivity contribution in [3.8, 4) is 0 Å². The van der Waals surface area contributed by atoms with Gasteiger partial charge in [-0.2, -0.15) is 0 Å². The Labute approximate surface area is 91.7 Å². The zero-order valence-electron chi connectivity index (χ0n) is 9.64. The van der Waals surface area contributed by atoms with E-state index in [-0.39, 0.29) is 0 Å². The first-order valence-corrected chi connectivity index (χ1v) is 5.76. The lowest BCUT2D eigenvalue weighted by Crippen LogP contribution is -2.32. The van der Waals surface area contributed by atoms with Crippen LogP contribution in [0.3, 0.4) is 0 Å². The fraction of sp³-hybridized carbons (Fsp3) is 0.667. The molecule has 1 aliphatic rings. The third-order valence-electron chi connectivity index (χ3n) is 3.07. The number of rotatable bonds is 4. The summed E-state index contributed by atoms with van der Waals surface area (Å²) >= 11 is 0. The molecule has 1 aromatic heterocycles. The molecule has 1 fully saturated rings. The van der Waals surface area contributed by atoms with Gasteiger partial charge in [-0.05, 0) is 38.8 Å². The van der Waals surface area contributed by atoms with E-state index >= 15 is 0 Å². The van der Waals surface area contributed by atoms with E-state index < -0.39 is 0 Å². The first kappa shape index (κ1) is 10.7. The average molecular weight is 207 g/mol. The Morgan fingerprint density at radius 3 is 3.00 bits per heavy atom. The van der Waals surface area contributed by atoms with Crippen molar-refractivity contribution in [1.29, 1.82) is 0 Å². The molecule has 3 heteroatoms. The van der Waals surface area contributed by atoms with E-state index in [9.17, 15) is 0 Å². The van der Waals surface area contributed by atoms with Crippen LogP contribution in [0.5, 0.6) is 0 Å². The van der Waals surface area contributed by atoms with Crippen LogP contribution in [0.25, 0.3) is 0 Å². The molecular weight excluding hydrogens is 186 g/mol. The Morgan fingerprint density at radius 2 is 2.40 bits per heavy atom. The monoisotopic (exact) mass is 207 g/mol. The molecule has 0 bridgehead atoms. The molecule has 1 unspecified atom stereocenters. The number of aromatic amines is 1. The molecule has 3 nitrogen and oxygen atoms in total. The Kier molecular flexibility index (Phi) is 3.12. The summed E-state index contributed by atoms with van der Waals surface area (Å²) in [4.78, 5) is 3.22. The topological polar surface area (TPSA) is 39.9 Å². The Balaban J connectivity index is 1.67. The van der Waals surface area contributed by atoms with Crippen LogP contribution in [0.1, 0.15) is 26.0 Å². The minimum atomic E-state index is 0.310. The van der Waals surface area contributed by atoms with Crippen LogP contribution >= 0.6 is 0 Å². The summed E-state index contributed by atoms with van der Waals surface area (Å²) in [6, 6.07) is 4.82. The number of hydrogen-bond donors (Lipinski definition) is 3. The van der Waals surface area contributed by atoms with Crippen molar-refractivity contribution in [2.24, 2.45) is 0 Å². The molecule has 3 N–H and O–H groups in total. The second-order valence-electron chi connectivity index (χ2n) is 5.07. The van der Waals surface area contributed by atoms with E-state index in [4.69, 9.17) is 0 Å². The maximum Gasteiger partial charge on any atom is 0.0210 e. The predicted molar refractivity (Wildman–Crippen MR) is 63.0 cm³/mol. The largest absolute Gasteiger partial charge is 0.365 e. The maximum absolute atomic E-state index is 3.59. The molecule has 0 saturated carbocycles. The summed E-state index contributed by atoms with van der Waals surface area (Å²) in [7, 11) is 0. The van der Waals surface area contributed by atoms with E-state index in [1.54, 1.807) is 0 Å². The lowest BCUT2D eigenvalue weighted by Gasteiger charge is -2.17. The van der Waals surface area contributed by atoms with Crippen molar-refractivity contribution in [2.75, 3.05) is 13.1 Å². The molecule has 1 atom stereocenters. The van der Waals surface area contributed by atoms with E-state index in [1.165, 1.54) is 12.1 Å². The maximum atomic E-state index is 3.59. The minimum Gasteiger partial charge on any atom is -0.365 e. The van der Waals surface area contributed by atoms with Crippen LogP contribution < -0.4 is 10.6 Å². The van der Waals surface area contributed by atoms with Crippen molar-refractivity contribution in [2.45, 2.75) is 38.3 Å². The Morgan fingerprint density at radius 1 is 1.53 bits per heavy atom. The standard InChI is InChI=1S/C12H21N3/c1-12(2)8-11(9-15-12)14-7-5-10-4-3-6-13-10/h3-4,6,11,13-15H,5,7-9H2,1-2H3. The van der Waals surface area contributed by atoms with Gasteiger partial charge in [-0.1, -0.05) is 0 Å². The van der Waals surface area contributed by atoms with Crippen LogP contribution in [0.2, 0.25) is 0 Å². The van der Waals surface area contributed by atoms with Gasteiger partial charge in [0.05, 0.1) is 0 Å². The predicted octanol–water partition coefficient (Wildman–Crippen LogP) is 1.29. The molecule has 1 aliphatic heterocycles. The van der Waals surface area contributed by atoms with Crippen molar-refractivity contribution < 1.29 is 0 Å². The molecular formula is C12H21N3.